The van der Waals surface area contributed by atoms with Crippen LogP contribution in [-0.2, 0) is 33.9 Å². The van der Waals surface area contributed by atoms with Gasteiger partial charge < -0.3 is 33.1 Å². The van der Waals surface area contributed by atoms with Crippen LogP contribution >= 0.6 is 0 Å². The van der Waals surface area contributed by atoms with Crippen molar-refractivity contribution in [1.29, 1.82) is 0 Å². The van der Waals surface area contributed by atoms with E-state index in [-0.39, 0.29) is 32.3 Å². The Morgan fingerprint density at radius 1 is 0.905 bits per heavy atom. The fourth-order valence-electron chi connectivity index (χ4n) is 1.05. The van der Waals surface area contributed by atoms with Crippen LogP contribution in [0.5, 0.6) is 0 Å². The molecule has 0 fully saturated rings. The van der Waals surface area contributed by atoms with Gasteiger partial charge in [-0.3, -0.25) is 14.4 Å². The molecule has 0 aromatic heterocycles. The number of carbonyl (C=O) groups is 3. The maximum Gasteiger partial charge on any atom is 2.00 e. The molecule has 0 spiro atoms. The van der Waals surface area contributed by atoms with Crippen LogP contribution in [0.1, 0.15) is 32.1 Å². The van der Waals surface area contributed by atoms with Gasteiger partial charge in [0.25, 0.3) is 0 Å². The minimum atomic E-state index is -1.11. The summed E-state index contributed by atoms with van der Waals surface area (Å²) in [6.07, 6.45) is 2.29. The molecule has 0 radical (unpaired) electrons. The third-order valence-electron chi connectivity index (χ3n) is 2.31. The molecule has 0 bridgehead atoms. The summed E-state index contributed by atoms with van der Waals surface area (Å²) < 4.78 is 0. The predicted molar refractivity (Wildman–Crippen MR) is 72.6 cm³/mol. The Morgan fingerprint density at radius 2 is 1.33 bits per heavy atom. The van der Waals surface area contributed by atoms with Crippen molar-refractivity contribution in [2.24, 2.45) is 22.9 Å². The molecule has 2 atom stereocenters. The molecule has 0 saturated heterocycles. The fourth-order valence-corrected chi connectivity index (χ4v) is 1.05. The van der Waals surface area contributed by atoms with Gasteiger partial charge in [0.15, 0.2) is 0 Å². The van der Waals surface area contributed by atoms with E-state index in [2.05, 4.69) is 0 Å². The van der Waals surface area contributed by atoms with Crippen LogP contribution in [0.25, 0.3) is 0 Å². The van der Waals surface area contributed by atoms with Crippen LogP contribution < -0.4 is 22.9 Å². The third-order valence-corrected chi connectivity index (χ3v) is 2.31. The maximum absolute atomic E-state index is 10.1. The van der Waals surface area contributed by atoms with E-state index in [9.17, 15) is 14.4 Å². The summed E-state index contributed by atoms with van der Waals surface area (Å²) in [5.41, 5.74) is 20.2. The molecule has 1 amide bonds. The molecule has 10 heteroatoms. The summed E-state index contributed by atoms with van der Waals surface area (Å²) in [6.45, 7) is 0.604. The van der Waals surface area contributed by atoms with Crippen molar-refractivity contribution >= 4 is 17.8 Å². The second-order valence-electron chi connectivity index (χ2n) is 4.18. The molecule has 21 heavy (non-hydrogen) atoms. The van der Waals surface area contributed by atoms with Crippen LogP contribution in [0.2, 0.25) is 0 Å². The van der Waals surface area contributed by atoms with Crippen molar-refractivity contribution < 1.29 is 44.1 Å². The van der Waals surface area contributed by atoms with E-state index >= 15 is 0 Å². The number of aliphatic carboxylic acids is 2. The van der Waals surface area contributed by atoms with E-state index in [1.165, 1.54) is 0 Å². The van der Waals surface area contributed by atoms with Gasteiger partial charge in [0, 0.05) is 6.42 Å². The number of rotatable bonds is 9. The molecule has 118 valence electrons. The van der Waals surface area contributed by atoms with E-state index in [4.69, 9.17) is 33.1 Å². The Bertz CT molecular complexity index is 317. The van der Waals surface area contributed by atoms with E-state index in [0.29, 0.717) is 13.0 Å². The molecule has 0 heterocycles. The first kappa shape index (κ1) is 24.9. The van der Waals surface area contributed by atoms with Crippen LogP contribution in [-0.4, -0.2) is 46.7 Å². The minimum absolute atomic E-state index is 0. The number of carboxylic acid groups (broad SMARTS) is 2. The number of hydrogen-bond donors (Lipinski definition) is 6. The standard InChI is InChI=1S/C6H14N2O2.C5H10N2O3.Zn/c7-4-2-1-3-5(8)6(9)10;6-3(5(9)10)1-2-4(7)8;/h5H,1-4,7-8H2,(H,9,10);3H,1-2,6H2,(H2,7,8)(H,9,10);/q;;+2. The Hall–Kier alpha value is -1.09. The summed E-state index contributed by atoms with van der Waals surface area (Å²) in [7, 11) is 0. The van der Waals surface area contributed by atoms with Crippen molar-refractivity contribution in [3.05, 3.63) is 0 Å². The molecule has 0 aliphatic rings. The van der Waals surface area contributed by atoms with Crippen molar-refractivity contribution in [2.75, 3.05) is 6.54 Å². The minimum Gasteiger partial charge on any atom is -0.480 e. The van der Waals surface area contributed by atoms with Gasteiger partial charge in [0.2, 0.25) is 5.91 Å². The van der Waals surface area contributed by atoms with Gasteiger partial charge in [-0.1, -0.05) is 6.42 Å². The van der Waals surface area contributed by atoms with Crippen LogP contribution in [0.4, 0.5) is 0 Å². The van der Waals surface area contributed by atoms with Crippen LogP contribution in [0.15, 0.2) is 0 Å². The predicted octanol–water partition coefficient (Wildman–Crippen LogP) is -1.81. The molecular weight excluding hydrogens is 334 g/mol. The van der Waals surface area contributed by atoms with E-state index in [0.717, 1.165) is 12.8 Å². The average molecular weight is 358 g/mol. The summed E-state index contributed by atoms with van der Waals surface area (Å²) in [5, 5.41) is 16.5. The summed E-state index contributed by atoms with van der Waals surface area (Å²) >= 11 is 0. The Labute approximate surface area is 136 Å². The maximum atomic E-state index is 10.1. The Morgan fingerprint density at radius 3 is 1.67 bits per heavy atom. The van der Waals surface area contributed by atoms with Gasteiger partial charge in [-0.15, -0.1) is 0 Å². The molecule has 9 nitrogen and oxygen atoms in total. The number of primary amides is 1. The number of nitrogens with two attached hydrogens (primary N) is 4. The van der Waals surface area contributed by atoms with Crippen molar-refractivity contribution in [2.45, 2.75) is 44.2 Å². The number of hydrogen-bond acceptors (Lipinski definition) is 6. The van der Waals surface area contributed by atoms with E-state index in [1.54, 1.807) is 0 Å². The summed E-state index contributed by atoms with van der Waals surface area (Å²) in [4.78, 5) is 30.3. The molecule has 0 aliphatic heterocycles. The second-order valence-corrected chi connectivity index (χ2v) is 4.18. The molecule has 0 rings (SSSR count). The average Bonchev–Trinajstić information content (AvgIpc) is 2.36. The zero-order valence-electron chi connectivity index (χ0n) is 12.0. The quantitative estimate of drug-likeness (QED) is 0.205. The summed E-state index contributed by atoms with van der Waals surface area (Å²) in [5.74, 6) is -2.57. The number of unbranched alkanes of at least 4 members (excludes halogenated alkanes) is 1. The Balaban J connectivity index is -0.000000295. The first-order valence-electron chi connectivity index (χ1n) is 6.17. The monoisotopic (exact) mass is 356 g/mol. The molecular formula is C11H24N4O5Zn+2. The topological polar surface area (TPSA) is 196 Å². The molecule has 0 aliphatic carbocycles. The van der Waals surface area contributed by atoms with Crippen LogP contribution in [0.3, 0.4) is 0 Å². The largest absolute Gasteiger partial charge is 2.00 e. The van der Waals surface area contributed by atoms with Gasteiger partial charge in [-0.25, -0.2) is 0 Å². The molecule has 0 aromatic rings. The Kier molecular flexibility index (Phi) is 18.1. The van der Waals surface area contributed by atoms with Crippen molar-refractivity contribution in [3.63, 3.8) is 0 Å². The van der Waals surface area contributed by atoms with Gasteiger partial charge in [-0.05, 0) is 25.8 Å². The van der Waals surface area contributed by atoms with E-state index in [1.807, 2.05) is 0 Å². The van der Waals surface area contributed by atoms with Gasteiger partial charge in [-0.2, -0.15) is 0 Å². The van der Waals surface area contributed by atoms with Crippen molar-refractivity contribution in [3.8, 4) is 0 Å². The molecule has 10 N–H and O–H groups in total. The number of carboxylic acids is 2. The number of carbonyl (C=O) groups excluding carboxylic acids is 1. The molecule has 0 saturated carbocycles. The fraction of sp³-hybridized carbons (Fsp3) is 0.727. The third kappa shape index (κ3) is 18.9. The first-order chi connectivity index (χ1) is 9.22. The van der Waals surface area contributed by atoms with Crippen LogP contribution in [0, 0.1) is 0 Å². The van der Waals surface area contributed by atoms with E-state index < -0.39 is 29.9 Å². The number of amides is 1. The van der Waals surface area contributed by atoms with Gasteiger partial charge in [0.05, 0.1) is 0 Å². The molecule has 0 aromatic carbocycles. The normalized spacial score (nSPS) is 12.1. The zero-order chi connectivity index (χ0) is 16.1. The summed E-state index contributed by atoms with van der Waals surface area (Å²) in [6, 6.07) is -1.70. The zero-order valence-corrected chi connectivity index (χ0v) is 15.0. The first-order valence-corrected chi connectivity index (χ1v) is 6.17. The molecule has 2 unspecified atom stereocenters. The SMILES string of the molecule is NC(=O)CCC(N)C(=O)O.NCCCCC(N)C(=O)O.[Zn+2]. The second kappa shape index (κ2) is 15.3. The van der Waals surface area contributed by atoms with Gasteiger partial charge >= 0.3 is 31.4 Å². The van der Waals surface area contributed by atoms with Crippen molar-refractivity contribution in [1.82, 2.24) is 0 Å². The smallest absolute Gasteiger partial charge is 0.480 e. The van der Waals surface area contributed by atoms with Gasteiger partial charge in [0.1, 0.15) is 12.1 Å².